The highest BCUT2D eigenvalue weighted by molar-refractivity contribution is 5.95. The first-order valence-corrected chi connectivity index (χ1v) is 8.93. The lowest BCUT2D eigenvalue weighted by Crippen LogP contribution is -2.11. The molecule has 0 fully saturated rings. The molecule has 0 radical (unpaired) electrons. The minimum atomic E-state index is -0.106. The maximum atomic E-state index is 12.1. The molecule has 144 valence electrons. The number of Topliss-reactive ketones (excluding diaryl/α,β-unsaturated/α-hetero) is 1. The van der Waals surface area contributed by atoms with Crippen LogP contribution in [0.5, 0.6) is 5.75 Å². The van der Waals surface area contributed by atoms with E-state index in [4.69, 9.17) is 9.26 Å². The van der Waals surface area contributed by atoms with Crippen LogP contribution in [0.3, 0.4) is 0 Å². The summed E-state index contributed by atoms with van der Waals surface area (Å²) in [5, 5.41) is 6.78. The zero-order chi connectivity index (χ0) is 19.9. The van der Waals surface area contributed by atoms with E-state index in [9.17, 15) is 9.59 Å². The molecular weight excluding hydrogens is 358 g/mol. The molecule has 0 spiro atoms. The van der Waals surface area contributed by atoms with Gasteiger partial charge in [-0.3, -0.25) is 9.59 Å². The summed E-state index contributed by atoms with van der Waals surface area (Å²) < 4.78 is 10.4. The Morgan fingerprint density at radius 2 is 1.79 bits per heavy atom. The number of carbonyl (C=O) groups excluding carboxylic acids is 2. The van der Waals surface area contributed by atoms with Gasteiger partial charge < -0.3 is 14.6 Å². The Labute approximate surface area is 162 Å². The molecule has 1 N–H and O–H groups in total. The van der Waals surface area contributed by atoms with Crippen LogP contribution in [0.1, 0.15) is 36.0 Å². The van der Waals surface area contributed by atoms with E-state index in [2.05, 4.69) is 15.5 Å². The molecule has 7 nitrogen and oxygen atoms in total. The summed E-state index contributed by atoms with van der Waals surface area (Å²) in [6.45, 7) is 1.51. The van der Waals surface area contributed by atoms with Gasteiger partial charge in [-0.1, -0.05) is 5.16 Å². The monoisotopic (exact) mass is 379 g/mol. The van der Waals surface area contributed by atoms with Gasteiger partial charge in [-0.2, -0.15) is 4.98 Å². The number of aryl methyl sites for hydroxylation is 1. The molecule has 0 saturated heterocycles. The van der Waals surface area contributed by atoms with Crippen LogP contribution in [0.15, 0.2) is 53.1 Å². The number of ketones is 1. The Morgan fingerprint density at radius 3 is 2.43 bits per heavy atom. The molecule has 0 unspecified atom stereocenters. The molecule has 0 aliphatic carbocycles. The van der Waals surface area contributed by atoms with Crippen LogP contribution < -0.4 is 10.1 Å². The highest BCUT2D eigenvalue weighted by atomic mass is 16.5. The predicted molar refractivity (Wildman–Crippen MR) is 104 cm³/mol. The highest BCUT2D eigenvalue weighted by Crippen LogP contribution is 2.20. The molecule has 3 rings (SSSR count). The van der Waals surface area contributed by atoms with Gasteiger partial charge in [-0.05, 0) is 61.9 Å². The largest absolute Gasteiger partial charge is 0.497 e. The van der Waals surface area contributed by atoms with E-state index in [1.165, 1.54) is 6.92 Å². The van der Waals surface area contributed by atoms with Crippen molar-refractivity contribution in [3.05, 3.63) is 60.0 Å². The number of amides is 1. The highest BCUT2D eigenvalue weighted by Gasteiger charge is 2.10. The molecule has 0 aliphatic rings. The number of rotatable bonds is 8. The van der Waals surface area contributed by atoms with Crippen molar-refractivity contribution in [2.45, 2.75) is 26.2 Å². The molecule has 0 atom stereocenters. The van der Waals surface area contributed by atoms with E-state index in [1.54, 1.807) is 31.4 Å². The SMILES string of the molecule is COc1ccc(-c2noc(CCCC(=O)Nc3ccc(C(C)=O)cc3)n2)cc1. The fourth-order valence-corrected chi connectivity index (χ4v) is 2.63. The van der Waals surface area contributed by atoms with E-state index >= 15 is 0 Å². The average molecular weight is 379 g/mol. The van der Waals surface area contributed by atoms with Gasteiger partial charge >= 0.3 is 0 Å². The van der Waals surface area contributed by atoms with Crippen LogP contribution in [-0.2, 0) is 11.2 Å². The second-order valence-electron chi connectivity index (χ2n) is 6.28. The molecule has 1 heterocycles. The van der Waals surface area contributed by atoms with E-state index in [1.807, 2.05) is 24.3 Å². The van der Waals surface area contributed by atoms with Crippen molar-refractivity contribution in [1.29, 1.82) is 0 Å². The Balaban J connectivity index is 1.47. The molecule has 28 heavy (non-hydrogen) atoms. The van der Waals surface area contributed by atoms with Crippen LogP contribution in [0.25, 0.3) is 11.4 Å². The number of methoxy groups -OCH3 is 1. The van der Waals surface area contributed by atoms with Crippen molar-refractivity contribution in [3.8, 4) is 17.1 Å². The minimum Gasteiger partial charge on any atom is -0.497 e. The average Bonchev–Trinajstić information content (AvgIpc) is 3.17. The number of nitrogens with zero attached hydrogens (tertiary/aromatic N) is 2. The molecule has 3 aromatic rings. The molecule has 0 aliphatic heterocycles. The van der Waals surface area contributed by atoms with Gasteiger partial charge in [0.2, 0.25) is 17.6 Å². The molecule has 7 heteroatoms. The molecule has 1 amide bonds. The molecular formula is C21H21N3O4. The van der Waals surface area contributed by atoms with Crippen molar-refractivity contribution in [2.24, 2.45) is 0 Å². The Morgan fingerprint density at radius 1 is 1.07 bits per heavy atom. The first kappa shape index (κ1) is 19.3. The molecule has 2 aromatic carbocycles. The number of hydrogen-bond acceptors (Lipinski definition) is 6. The third kappa shape index (κ3) is 5.03. The summed E-state index contributed by atoms with van der Waals surface area (Å²) in [6.07, 6.45) is 1.43. The van der Waals surface area contributed by atoms with E-state index in [-0.39, 0.29) is 11.7 Å². The quantitative estimate of drug-likeness (QED) is 0.596. The minimum absolute atomic E-state index is 0.00792. The number of benzene rings is 2. The van der Waals surface area contributed by atoms with E-state index in [0.29, 0.717) is 42.2 Å². The summed E-state index contributed by atoms with van der Waals surface area (Å²) in [7, 11) is 1.61. The van der Waals surface area contributed by atoms with E-state index in [0.717, 1.165) is 11.3 Å². The number of nitrogens with one attached hydrogen (secondary N) is 1. The predicted octanol–water partition coefficient (Wildman–Crippen LogP) is 3.91. The zero-order valence-corrected chi connectivity index (χ0v) is 15.8. The topological polar surface area (TPSA) is 94.3 Å². The smallest absolute Gasteiger partial charge is 0.226 e. The maximum absolute atomic E-state index is 12.1. The van der Waals surface area contributed by atoms with Crippen LogP contribution in [0.4, 0.5) is 5.69 Å². The number of carbonyl (C=O) groups is 2. The lowest BCUT2D eigenvalue weighted by atomic mass is 10.1. The van der Waals surface area contributed by atoms with Crippen LogP contribution in [0, 0.1) is 0 Å². The summed E-state index contributed by atoms with van der Waals surface area (Å²) in [6, 6.07) is 14.2. The normalized spacial score (nSPS) is 10.5. The standard InChI is InChI=1S/C21H21N3O4/c1-14(25)15-6-10-17(11-7-15)22-19(26)4-3-5-20-23-21(24-28-20)16-8-12-18(27-2)13-9-16/h6-13H,3-5H2,1-2H3,(H,22,26). The van der Waals surface area contributed by atoms with Gasteiger partial charge in [-0.15, -0.1) is 0 Å². The molecule has 1 aromatic heterocycles. The lowest BCUT2D eigenvalue weighted by Gasteiger charge is -2.05. The zero-order valence-electron chi connectivity index (χ0n) is 15.8. The van der Waals surface area contributed by atoms with Crippen molar-refractivity contribution in [2.75, 3.05) is 12.4 Å². The summed E-state index contributed by atoms with van der Waals surface area (Å²) >= 11 is 0. The van der Waals surface area contributed by atoms with Crippen molar-refractivity contribution in [3.63, 3.8) is 0 Å². The lowest BCUT2D eigenvalue weighted by molar-refractivity contribution is -0.116. The van der Waals surface area contributed by atoms with Gasteiger partial charge in [0.25, 0.3) is 0 Å². The van der Waals surface area contributed by atoms with Crippen molar-refractivity contribution >= 4 is 17.4 Å². The summed E-state index contributed by atoms with van der Waals surface area (Å²) in [5.41, 5.74) is 2.11. The van der Waals surface area contributed by atoms with Crippen molar-refractivity contribution in [1.82, 2.24) is 10.1 Å². The molecule has 0 saturated carbocycles. The fraction of sp³-hybridized carbons (Fsp3) is 0.238. The van der Waals surface area contributed by atoms with E-state index < -0.39 is 0 Å². The first-order chi connectivity index (χ1) is 13.5. The first-order valence-electron chi connectivity index (χ1n) is 8.93. The van der Waals surface area contributed by atoms with Gasteiger partial charge in [0.15, 0.2) is 5.78 Å². The van der Waals surface area contributed by atoms with Crippen LogP contribution in [-0.4, -0.2) is 28.9 Å². The number of hydrogen-bond donors (Lipinski definition) is 1. The van der Waals surface area contributed by atoms with Crippen LogP contribution >= 0.6 is 0 Å². The van der Waals surface area contributed by atoms with Gasteiger partial charge in [0.1, 0.15) is 5.75 Å². The van der Waals surface area contributed by atoms with Crippen LogP contribution in [0.2, 0.25) is 0 Å². The number of aromatic nitrogens is 2. The second-order valence-corrected chi connectivity index (χ2v) is 6.28. The van der Waals surface area contributed by atoms with Gasteiger partial charge in [0, 0.05) is 29.7 Å². The number of anilines is 1. The third-order valence-electron chi connectivity index (χ3n) is 4.19. The van der Waals surface area contributed by atoms with Gasteiger partial charge in [-0.25, -0.2) is 0 Å². The van der Waals surface area contributed by atoms with Gasteiger partial charge in [0.05, 0.1) is 7.11 Å². The second kappa shape index (κ2) is 8.94. The number of ether oxygens (including phenoxy) is 1. The third-order valence-corrected chi connectivity index (χ3v) is 4.19. The summed E-state index contributed by atoms with van der Waals surface area (Å²) in [4.78, 5) is 27.7. The fourth-order valence-electron chi connectivity index (χ4n) is 2.63. The Bertz CT molecular complexity index is 947. The van der Waals surface area contributed by atoms with Crippen molar-refractivity contribution < 1.29 is 18.8 Å². The summed E-state index contributed by atoms with van der Waals surface area (Å²) in [5.74, 6) is 1.64. The Kier molecular flexibility index (Phi) is 6.16. The Hall–Kier alpha value is -3.48. The molecule has 0 bridgehead atoms. The maximum Gasteiger partial charge on any atom is 0.226 e.